The molecule has 0 radical (unpaired) electrons. The van der Waals surface area contributed by atoms with Crippen molar-refractivity contribution in [2.75, 3.05) is 13.7 Å². The Labute approximate surface area is 162 Å². The fourth-order valence-corrected chi connectivity index (χ4v) is 2.61. The van der Waals surface area contributed by atoms with Crippen molar-refractivity contribution >= 4 is 18.4 Å². The predicted octanol–water partition coefficient (Wildman–Crippen LogP) is 3.81. The van der Waals surface area contributed by atoms with Crippen molar-refractivity contribution in [1.29, 1.82) is 0 Å². The monoisotopic (exact) mass is 384 g/mol. The Morgan fingerprint density at radius 1 is 1.15 bits per heavy atom. The van der Waals surface area contributed by atoms with E-state index in [2.05, 4.69) is 15.3 Å². The third-order valence-corrected chi connectivity index (χ3v) is 3.92. The number of nitrogens with zero attached hydrogens (tertiary/aromatic N) is 3. The van der Waals surface area contributed by atoms with Gasteiger partial charge in [-0.25, -0.2) is 5.10 Å². The minimum atomic E-state index is 0.227. The molecule has 0 saturated carbocycles. The van der Waals surface area contributed by atoms with Crippen molar-refractivity contribution in [2.24, 2.45) is 5.10 Å². The van der Waals surface area contributed by atoms with Crippen molar-refractivity contribution in [3.63, 3.8) is 0 Å². The zero-order valence-corrected chi connectivity index (χ0v) is 15.9. The van der Waals surface area contributed by atoms with Gasteiger partial charge >= 0.3 is 0 Å². The number of H-pyrrole nitrogens is 1. The minimum Gasteiger partial charge on any atom is -0.493 e. The Morgan fingerprint density at radius 2 is 1.96 bits per heavy atom. The van der Waals surface area contributed by atoms with E-state index in [4.69, 9.17) is 26.4 Å². The lowest BCUT2D eigenvalue weighted by Gasteiger charge is -2.11. The third kappa shape index (κ3) is 4.53. The maximum Gasteiger partial charge on any atom is 0.216 e. The average molecular weight is 384 g/mol. The molecule has 1 N–H and O–H groups in total. The largest absolute Gasteiger partial charge is 0.493 e. The number of benzene rings is 2. The van der Waals surface area contributed by atoms with Gasteiger partial charge in [0.1, 0.15) is 12.4 Å². The molecule has 0 atom stereocenters. The molecule has 0 saturated heterocycles. The molecule has 27 heavy (non-hydrogen) atoms. The Morgan fingerprint density at radius 3 is 2.70 bits per heavy atom. The van der Waals surface area contributed by atoms with Crippen LogP contribution in [0.2, 0.25) is 0 Å². The van der Waals surface area contributed by atoms with Gasteiger partial charge in [0.2, 0.25) is 4.77 Å². The second kappa shape index (κ2) is 9.00. The highest BCUT2D eigenvalue weighted by Crippen LogP contribution is 2.30. The molecular weight excluding hydrogens is 364 g/mol. The molecule has 0 fully saturated rings. The van der Waals surface area contributed by atoms with Gasteiger partial charge in [-0.1, -0.05) is 24.3 Å². The van der Waals surface area contributed by atoms with Gasteiger partial charge in [0.25, 0.3) is 0 Å². The van der Waals surface area contributed by atoms with E-state index in [-0.39, 0.29) is 6.61 Å². The highest BCUT2D eigenvalue weighted by atomic mass is 32.1. The molecular formula is C19H20N4O3S. The van der Waals surface area contributed by atoms with Crippen LogP contribution in [0.4, 0.5) is 0 Å². The number of hydrogen-bond donors (Lipinski definition) is 1. The van der Waals surface area contributed by atoms with Gasteiger partial charge in [0.05, 0.1) is 19.9 Å². The van der Waals surface area contributed by atoms with E-state index in [1.54, 1.807) is 13.3 Å². The smallest absolute Gasteiger partial charge is 0.216 e. The van der Waals surface area contributed by atoms with Crippen LogP contribution >= 0.6 is 12.2 Å². The molecule has 7 nitrogen and oxygen atoms in total. The number of para-hydroxylation sites is 2. The van der Waals surface area contributed by atoms with Gasteiger partial charge in [-0.15, -0.1) is 0 Å². The molecule has 140 valence electrons. The fourth-order valence-electron chi connectivity index (χ4n) is 2.42. The molecule has 8 heteroatoms. The predicted molar refractivity (Wildman–Crippen MR) is 105 cm³/mol. The Kier molecular flexibility index (Phi) is 6.22. The lowest BCUT2D eigenvalue weighted by Crippen LogP contribution is -2.05. The number of rotatable bonds is 8. The number of aromatic nitrogens is 3. The SMILES string of the molecule is CCOc1c(/C=N\n2c(COc3ccccc3)n[nH]c2=S)cccc1OC. The van der Waals surface area contributed by atoms with Crippen LogP contribution in [0.5, 0.6) is 17.2 Å². The van der Waals surface area contributed by atoms with Gasteiger partial charge in [-0.05, 0) is 43.4 Å². The molecule has 2 aromatic carbocycles. The number of ether oxygens (including phenoxy) is 3. The normalized spacial score (nSPS) is 10.9. The minimum absolute atomic E-state index is 0.227. The summed E-state index contributed by atoms with van der Waals surface area (Å²) in [6.45, 7) is 2.66. The standard InChI is InChI=1S/C19H20N4O3S/c1-3-25-18-14(8-7-11-16(18)24-2)12-20-23-17(21-22-19(23)27)13-26-15-9-5-4-6-10-15/h4-12H,3,13H2,1-2H3,(H,22,27)/b20-12-. The first-order chi connectivity index (χ1) is 13.2. The van der Waals surface area contributed by atoms with Crippen LogP contribution in [-0.2, 0) is 6.61 Å². The molecule has 3 aromatic rings. The molecule has 0 bridgehead atoms. The van der Waals surface area contributed by atoms with E-state index in [1.807, 2.05) is 55.5 Å². The summed E-state index contributed by atoms with van der Waals surface area (Å²) in [5.74, 6) is 2.57. The molecule has 0 unspecified atom stereocenters. The summed E-state index contributed by atoms with van der Waals surface area (Å²) in [4.78, 5) is 0. The van der Waals surface area contributed by atoms with Crippen molar-refractivity contribution in [2.45, 2.75) is 13.5 Å². The lowest BCUT2D eigenvalue weighted by atomic mass is 10.2. The Hall–Kier alpha value is -3.13. The summed E-state index contributed by atoms with van der Waals surface area (Å²) in [5.41, 5.74) is 0.772. The second-order valence-electron chi connectivity index (χ2n) is 5.41. The first-order valence-electron chi connectivity index (χ1n) is 8.41. The molecule has 0 amide bonds. The summed E-state index contributed by atoms with van der Waals surface area (Å²) in [7, 11) is 1.60. The summed E-state index contributed by atoms with van der Waals surface area (Å²) in [5, 5.41) is 11.4. The van der Waals surface area contributed by atoms with Crippen molar-refractivity contribution in [1.82, 2.24) is 14.9 Å². The topological polar surface area (TPSA) is 73.7 Å². The van der Waals surface area contributed by atoms with Gasteiger partial charge in [0, 0.05) is 5.56 Å². The molecule has 1 aromatic heterocycles. The number of methoxy groups -OCH3 is 1. The van der Waals surface area contributed by atoms with Crippen LogP contribution in [0, 0.1) is 4.77 Å². The van der Waals surface area contributed by atoms with Crippen LogP contribution in [-0.4, -0.2) is 34.8 Å². The fraction of sp³-hybridized carbons (Fsp3) is 0.211. The molecule has 0 aliphatic carbocycles. The number of hydrogen-bond acceptors (Lipinski definition) is 6. The summed E-state index contributed by atoms with van der Waals surface area (Å²) >= 11 is 5.27. The molecule has 0 aliphatic rings. The van der Waals surface area contributed by atoms with Crippen LogP contribution in [0.3, 0.4) is 0 Å². The highest BCUT2D eigenvalue weighted by molar-refractivity contribution is 7.71. The van der Waals surface area contributed by atoms with E-state index < -0.39 is 0 Å². The zero-order valence-electron chi connectivity index (χ0n) is 15.1. The number of nitrogens with one attached hydrogen (secondary N) is 1. The molecule has 3 rings (SSSR count). The second-order valence-corrected chi connectivity index (χ2v) is 5.80. The van der Waals surface area contributed by atoms with E-state index in [1.165, 1.54) is 4.68 Å². The average Bonchev–Trinajstić information content (AvgIpc) is 3.06. The summed E-state index contributed by atoms with van der Waals surface area (Å²) in [6.07, 6.45) is 1.66. The maximum absolute atomic E-state index is 5.73. The molecule has 1 heterocycles. The van der Waals surface area contributed by atoms with Crippen LogP contribution in [0.15, 0.2) is 53.6 Å². The van der Waals surface area contributed by atoms with Gasteiger partial charge in [-0.3, -0.25) is 0 Å². The Balaban J connectivity index is 1.84. The van der Waals surface area contributed by atoms with Gasteiger partial charge < -0.3 is 14.2 Å². The first kappa shape index (κ1) is 18.7. The number of aromatic amines is 1. The van der Waals surface area contributed by atoms with Crippen LogP contribution in [0.1, 0.15) is 18.3 Å². The summed E-state index contributed by atoms with van der Waals surface area (Å²) in [6, 6.07) is 15.1. The molecule has 0 spiro atoms. The first-order valence-corrected chi connectivity index (χ1v) is 8.82. The van der Waals surface area contributed by atoms with Crippen molar-refractivity contribution in [3.8, 4) is 17.2 Å². The maximum atomic E-state index is 5.73. The summed E-state index contributed by atoms with van der Waals surface area (Å²) < 4.78 is 18.7. The third-order valence-electron chi connectivity index (χ3n) is 3.66. The zero-order chi connectivity index (χ0) is 19.1. The van der Waals surface area contributed by atoms with Gasteiger partial charge in [0.15, 0.2) is 17.3 Å². The lowest BCUT2D eigenvalue weighted by molar-refractivity contribution is 0.290. The Bertz CT molecular complexity index is 967. The van der Waals surface area contributed by atoms with E-state index in [0.29, 0.717) is 28.7 Å². The van der Waals surface area contributed by atoms with Crippen LogP contribution in [0.25, 0.3) is 0 Å². The van der Waals surface area contributed by atoms with Crippen LogP contribution < -0.4 is 14.2 Å². The van der Waals surface area contributed by atoms with E-state index in [9.17, 15) is 0 Å². The van der Waals surface area contributed by atoms with Crippen molar-refractivity contribution in [3.05, 3.63) is 64.7 Å². The van der Waals surface area contributed by atoms with Crippen molar-refractivity contribution < 1.29 is 14.2 Å². The van der Waals surface area contributed by atoms with E-state index in [0.717, 1.165) is 11.3 Å². The quantitative estimate of drug-likeness (QED) is 0.472. The highest BCUT2D eigenvalue weighted by Gasteiger charge is 2.10. The van der Waals surface area contributed by atoms with Gasteiger partial charge in [-0.2, -0.15) is 14.9 Å². The van der Waals surface area contributed by atoms with E-state index >= 15 is 0 Å². The molecule has 0 aliphatic heterocycles.